The van der Waals surface area contributed by atoms with Crippen molar-refractivity contribution in [3.05, 3.63) is 33.7 Å². The zero-order valence-corrected chi connectivity index (χ0v) is 12.3. The summed E-state index contributed by atoms with van der Waals surface area (Å²) in [4.78, 5) is 25.8. The van der Waals surface area contributed by atoms with Crippen molar-refractivity contribution in [3.8, 4) is 0 Å². The highest BCUT2D eigenvalue weighted by Gasteiger charge is 2.27. The summed E-state index contributed by atoms with van der Waals surface area (Å²) in [5.41, 5.74) is 0.0144. The number of aryl methyl sites for hydroxylation is 1. The number of hydrogen-bond donors (Lipinski definition) is 1. The van der Waals surface area contributed by atoms with E-state index in [4.69, 9.17) is 5.11 Å². The molecule has 1 atom stereocenters. The van der Waals surface area contributed by atoms with Crippen LogP contribution in [0.4, 0.5) is 0 Å². The number of nitrogens with zero attached hydrogens (tertiary/aromatic N) is 2. The normalized spacial score (nSPS) is 19.7. The molecule has 20 heavy (non-hydrogen) atoms. The van der Waals surface area contributed by atoms with E-state index in [9.17, 15) is 9.59 Å². The fourth-order valence-corrected chi connectivity index (χ4v) is 3.03. The van der Waals surface area contributed by atoms with Gasteiger partial charge in [0.15, 0.2) is 0 Å². The lowest BCUT2D eigenvalue weighted by Gasteiger charge is -2.28. The third-order valence-electron chi connectivity index (χ3n) is 4.08. The summed E-state index contributed by atoms with van der Waals surface area (Å²) in [6.07, 6.45) is 3.90. The van der Waals surface area contributed by atoms with Crippen LogP contribution in [0.2, 0.25) is 0 Å². The van der Waals surface area contributed by atoms with Gasteiger partial charge in [-0.25, -0.2) is 4.79 Å². The minimum atomic E-state index is -1.14. The van der Waals surface area contributed by atoms with Crippen LogP contribution in [-0.4, -0.2) is 39.2 Å². The molecule has 1 saturated heterocycles. The molecular formula is C15H22N2O3. The van der Waals surface area contributed by atoms with Crippen molar-refractivity contribution in [2.75, 3.05) is 6.54 Å². The molecule has 1 aliphatic rings. The van der Waals surface area contributed by atoms with Crippen molar-refractivity contribution in [3.63, 3.8) is 0 Å². The Morgan fingerprint density at radius 1 is 1.50 bits per heavy atom. The number of aromatic nitrogens is 1. The van der Waals surface area contributed by atoms with E-state index >= 15 is 0 Å². The van der Waals surface area contributed by atoms with E-state index in [2.05, 4.69) is 18.7 Å². The van der Waals surface area contributed by atoms with Crippen LogP contribution in [0.25, 0.3) is 0 Å². The van der Waals surface area contributed by atoms with Crippen LogP contribution in [0.5, 0.6) is 0 Å². The second-order valence-electron chi connectivity index (χ2n) is 5.76. The number of hydrogen-bond acceptors (Lipinski definition) is 3. The maximum Gasteiger partial charge on any atom is 0.341 e. The quantitative estimate of drug-likeness (QED) is 0.911. The first kappa shape index (κ1) is 14.8. The fourth-order valence-electron chi connectivity index (χ4n) is 3.03. The molecule has 0 aromatic carbocycles. The second-order valence-corrected chi connectivity index (χ2v) is 5.76. The molecule has 0 bridgehead atoms. The first-order valence-electron chi connectivity index (χ1n) is 7.11. The van der Waals surface area contributed by atoms with Crippen molar-refractivity contribution in [1.82, 2.24) is 9.47 Å². The number of aromatic carboxylic acids is 1. The van der Waals surface area contributed by atoms with Crippen molar-refractivity contribution in [1.29, 1.82) is 0 Å². The van der Waals surface area contributed by atoms with E-state index in [-0.39, 0.29) is 5.56 Å². The highest BCUT2D eigenvalue weighted by molar-refractivity contribution is 5.88. The zero-order chi connectivity index (χ0) is 14.9. The van der Waals surface area contributed by atoms with Crippen LogP contribution in [0, 0.1) is 6.92 Å². The van der Waals surface area contributed by atoms with Gasteiger partial charge >= 0.3 is 5.97 Å². The number of carboxylic acid groups (broad SMARTS) is 1. The Morgan fingerprint density at radius 2 is 2.20 bits per heavy atom. The van der Waals surface area contributed by atoms with E-state index < -0.39 is 11.5 Å². The highest BCUT2D eigenvalue weighted by atomic mass is 16.4. The summed E-state index contributed by atoms with van der Waals surface area (Å²) in [5.74, 6) is -1.14. The first-order valence-corrected chi connectivity index (χ1v) is 7.11. The summed E-state index contributed by atoms with van der Waals surface area (Å²) >= 11 is 0. The van der Waals surface area contributed by atoms with Crippen molar-refractivity contribution < 1.29 is 9.90 Å². The van der Waals surface area contributed by atoms with Gasteiger partial charge in [0, 0.05) is 24.8 Å². The van der Waals surface area contributed by atoms with Crippen molar-refractivity contribution in [2.45, 2.75) is 52.2 Å². The Morgan fingerprint density at radius 3 is 2.80 bits per heavy atom. The van der Waals surface area contributed by atoms with Crippen LogP contribution < -0.4 is 5.56 Å². The molecule has 1 aromatic heterocycles. The Hall–Kier alpha value is -1.62. The number of carbonyl (C=O) groups is 1. The molecule has 1 N–H and O–H groups in total. The van der Waals surface area contributed by atoms with Crippen molar-refractivity contribution >= 4 is 5.97 Å². The third kappa shape index (κ3) is 2.77. The highest BCUT2D eigenvalue weighted by Crippen LogP contribution is 2.21. The molecular weight excluding hydrogens is 256 g/mol. The second kappa shape index (κ2) is 5.79. The molecule has 110 valence electrons. The maximum absolute atomic E-state index is 12.3. The summed E-state index contributed by atoms with van der Waals surface area (Å²) in [5, 5.41) is 9.15. The fraction of sp³-hybridized carbons (Fsp3) is 0.600. The smallest absolute Gasteiger partial charge is 0.341 e. The number of pyridine rings is 1. The summed E-state index contributed by atoms with van der Waals surface area (Å²) < 4.78 is 1.54. The number of carboxylic acids is 1. The molecule has 0 radical (unpaired) electrons. The lowest BCUT2D eigenvalue weighted by Crippen LogP contribution is -2.40. The predicted molar refractivity (Wildman–Crippen MR) is 77.3 cm³/mol. The maximum atomic E-state index is 12.3. The average Bonchev–Trinajstić information content (AvgIpc) is 2.80. The van der Waals surface area contributed by atoms with Gasteiger partial charge in [0.1, 0.15) is 5.56 Å². The number of rotatable bonds is 4. The van der Waals surface area contributed by atoms with Crippen LogP contribution in [0.15, 0.2) is 17.1 Å². The predicted octanol–water partition coefficient (Wildman–Crippen LogP) is 1.73. The van der Waals surface area contributed by atoms with Gasteiger partial charge in [-0.05, 0) is 51.8 Å². The van der Waals surface area contributed by atoms with Gasteiger partial charge in [-0.2, -0.15) is 0 Å². The molecule has 0 amide bonds. The number of likely N-dealkylation sites (tertiary alicyclic amines) is 1. The van der Waals surface area contributed by atoms with Crippen LogP contribution in [-0.2, 0) is 6.54 Å². The molecule has 5 heteroatoms. The lowest BCUT2D eigenvalue weighted by atomic mass is 10.1. The van der Waals surface area contributed by atoms with Gasteiger partial charge in [-0.15, -0.1) is 0 Å². The third-order valence-corrected chi connectivity index (χ3v) is 4.08. The van der Waals surface area contributed by atoms with E-state index in [1.807, 2.05) is 0 Å². The summed E-state index contributed by atoms with van der Waals surface area (Å²) in [6.45, 7) is 7.58. The van der Waals surface area contributed by atoms with Gasteiger partial charge in [-0.3, -0.25) is 9.69 Å². The van der Waals surface area contributed by atoms with Crippen LogP contribution in [0.1, 0.15) is 42.6 Å². The SMILES string of the molecule is Cc1ccn(CC2CCCN2C(C)C)c(=O)c1C(=O)O. The molecule has 1 fully saturated rings. The van der Waals surface area contributed by atoms with Crippen molar-refractivity contribution in [2.24, 2.45) is 0 Å². The van der Waals surface area contributed by atoms with Gasteiger partial charge in [0.05, 0.1) is 0 Å². The molecule has 2 heterocycles. The average molecular weight is 278 g/mol. The molecule has 2 rings (SSSR count). The minimum absolute atomic E-state index is 0.110. The van der Waals surface area contributed by atoms with Crippen LogP contribution in [0.3, 0.4) is 0 Å². The molecule has 0 saturated carbocycles. The Bertz CT molecular complexity index is 563. The van der Waals surface area contributed by atoms with Gasteiger partial charge in [0.2, 0.25) is 0 Å². The molecule has 1 aliphatic heterocycles. The monoisotopic (exact) mass is 278 g/mol. The first-order chi connectivity index (χ1) is 9.41. The van der Waals surface area contributed by atoms with Crippen LogP contribution >= 0.6 is 0 Å². The molecule has 0 spiro atoms. The van der Waals surface area contributed by atoms with Gasteiger partial charge in [0.25, 0.3) is 5.56 Å². The van der Waals surface area contributed by atoms with E-state index in [1.165, 1.54) is 0 Å². The molecule has 0 aliphatic carbocycles. The standard InChI is InChI=1S/C15H22N2O3/c1-10(2)17-7-4-5-12(17)9-16-8-6-11(3)13(14(16)18)15(19)20/h6,8,10,12H,4-5,7,9H2,1-3H3,(H,19,20). The topological polar surface area (TPSA) is 62.5 Å². The molecule has 1 unspecified atom stereocenters. The van der Waals surface area contributed by atoms with Gasteiger partial charge in [-0.1, -0.05) is 0 Å². The largest absolute Gasteiger partial charge is 0.477 e. The Kier molecular flexibility index (Phi) is 4.28. The van der Waals surface area contributed by atoms with E-state index in [1.54, 1.807) is 23.8 Å². The minimum Gasteiger partial charge on any atom is -0.477 e. The summed E-state index contributed by atoms with van der Waals surface area (Å²) in [6, 6.07) is 2.47. The Labute approximate surface area is 118 Å². The van der Waals surface area contributed by atoms with Gasteiger partial charge < -0.3 is 9.67 Å². The molecule has 1 aromatic rings. The van der Waals surface area contributed by atoms with E-state index in [0.29, 0.717) is 24.2 Å². The lowest BCUT2D eigenvalue weighted by molar-refractivity contribution is 0.0693. The Balaban J connectivity index is 2.29. The molecule has 5 nitrogen and oxygen atoms in total. The zero-order valence-electron chi connectivity index (χ0n) is 12.3. The summed E-state index contributed by atoms with van der Waals surface area (Å²) in [7, 11) is 0. The van der Waals surface area contributed by atoms with E-state index in [0.717, 1.165) is 19.4 Å².